The van der Waals surface area contributed by atoms with E-state index in [0.29, 0.717) is 5.92 Å². The predicted molar refractivity (Wildman–Crippen MR) is 114 cm³/mol. The first-order valence-corrected chi connectivity index (χ1v) is 10.3. The minimum atomic E-state index is 0.0690. The Morgan fingerprint density at radius 3 is 2.61 bits per heavy atom. The van der Waals surface area contributed by atoms with Crippen LogP contribution in [0.4, 0.5) is 11.5 Å². The van der Waals surface area contributed by atoms with Crippen LogP contribution in [0.2, 0.25) is 0 Å². The quantitative estimate of drug-likeness (QED) is 0.637. The van der Waals surface area contributed by atoms with Gasteiger partial charge in [0.25, 0.3) is 5.91 Å². The highest BCUT2D eigenvalue weighted by atomic mass is 16.2. The number of hydrogen-bond donors (Lipinski definition) is 0. The van der Waals surface area contributed by atoms with Crippen molar-refractivity contribution in [2.45, 2.75) is 32.1 Å². The number of hydrogen-bond acceptors (Lipinski definition) is 3. The van der Waals surface area contributed by atoms with Gasteiger partial charge in [0.15, 0.2) is 0 Å². The first kappa shape index (κ1) is 17.2. The SMILES string of the molecule is C[C@H]1CCN(C(=O)c2cc3ccccc3nc2N2CCCC2)c2ccccc21. The zero-order valence-electron chi connectivity index (χ0n) is 16.3. The molecule has 0 radical (unpaired) electrons. The molecule has 142 valence electrons. The average Bonchev–Trinajstić information content (AvgIpc) is 3.28. The number of nitrogens with zero attached hydrogens (tertiary/aromatic N) is 3. The Kier molecular flexibility index (Phi) is 4.27. The van der Waals surface area contributed by atoms with Crippen LogP contribution in [0.15, 0.2) is 54.6 Å². The molecule has 3 heterocycles. The highest BCUT2D eigenvalue weighted by Crippen LogP contribution is 2.37. The van der Waals surface area contributed by atoms with Gasteiger partial charge in [-0.3, -0.25) is 4.79 Å². The molecule has 1 fully saturated rings. The van der Waals surface area contributed by atoms with E-state index >= 15 is 0 Å². The van der Waals surface area contributed by atoms with E-state index in [2.05, 4.69) is 30.0 Å². The second-order valence-electron chi connectivity index (χ2n) is 7.95. The molecular weight excluding hydrogens is 346 g/mol. The van der Waals surface area contributed by atoms with Gasteiger partial charge in [0.1, 0.15) is 5.82 Å². The molecule has 0 unspecified atom stereocenters. The smallest absolute Gasteiger partial charge is 0.262 e. The molecule has 5 rings (SSSR count). The van der Waals surface area contributed by atoms with Gasteiger partial charge in [0, 0.05) is 30.7 Å². The number of aromatic nitrogens is 1. The van der Waals surface area contributed by atoms with E-state index in [1.807, 2.05) is 41.3 Å². The molecule has 3 aromatic rings. The van der Waals surface area contributed by atoms with Crippen molar-refractivity contribution in [1.29, 1.82) is 0 Å². The molecule has 4 heteroatoms. The minimum absolute atomic E-state index is 0.0690. The minimum Gasteiger partial charge on any atom is -0.356 e. The van der Waals surface area contributed by atoms with Crippen LogP contribution in [-0.2, 0) is 0 Å². The van der Waals surface area contributed by atoms with Crippen molar-refractivity contribution in [2.75, 3.05) is 29.4 Å². The van der Waals surface area contributed by atoms with Crippen molar-refractivity contribution in [3.05, 3.63) is 65.7 Å². The van der Waals surface area contributed by atoms with Crippen molar-refractivity contribution in [1.82, 2.24) is 4.98 Å². The fraction of sp³-hybridized carbons (Fsp3) is 0.333. The first-order valence-electron chi connectivity index (χ1n) is 10.3. The molecule has 2 aromatic carbocycles. The molecule has 1 amide bonds. The van der Waals surface area contributed by atoms with Gasteiger partial charge in [-0.2, -0.15) is 0 Å². The Labute approximate surface area is 165 Å². The summed E-state index contributed by atoms with van der Waals surface area (Å²) in [6, 6.07) is 18.4. The molecule has 4 nitrogen and oxygen atoms in total. The van der Waals surface area contributed by atoms with Gasteiger partial charge in [-0.05, 0) is 48.9 Å². The molecule has 28 heavy (non-hydrogen) atoms. The third-order valence-electron chi connectivity index (χ3n) is 6.13. The fourth-order valence-electron chi connectivity index (χ4n) is 4.54. The molecule has 2 aliphatic heterocycles. The Balaban J connectivity index is 1.63. The van der Waals surface area contributed by atoms with Gasteiger partial charge in [-0.25, -0.2) is 4.98 Å². The highest BCUT2D eigenvalue weighted by Gasteiger charge is 2.30. The standard InChI is InChI=1S/C24H25N3O/c1-17-12-15-27(22-11-5-3-9-19(17)22)24(28)20-16-18-8-2-4-10-21(18)25-23(20)26-13-6-7-14-26/h2-5,8-11,16-17H,6-7,12-15H2,1H3/t17-/m0/s1. The number of para-hydroxylation sites is 2. The monoisotopic (exact) mass is 371 g/mol. The van der Waals surface area contributed by atoms with Crippen LogP contribution in [0.1, 0.15) is 48.0 Å². The summed E-state index contributed by atoms with van der Waals surface area (Å²) in [7, 11) is 0. The first-order chi connectivity index (χ1) is 13.7. The van der Waals surface area contributed by atoms with Crippen LogP contribution in [0.3, 0.4) is 0 Å². The predicted octanol–water partition coefficient (Wildman–Crippen LogP) is 4.99. The number of anilines is 2. The van der Waals surface area contributed by atoms with Crippen molar-refractivity contribution in [2.24, 2.45) is 0 Å². The van der Waals surface area contributed by atoms with Gasteiger partial charge in [-0.1, -0.05) is 43.3 Å². The summed E-state index contributed by atoms with van der Waals surface area (Å²) in [6.45, 7) is 4.94. The van der Waals surface area contributed by atoms with Crippen molar-refractivity contribution in [3.8, 4) is 0 Å². The fourth-order valence-corrected chi connectivity index (χ4v) is 4.54. The lowest BCUT2D eigenvalue weighted by Gasteiger charge is -2.33. The van der Waals surface area contributed by atoms with Crippen LogP contribution >= 0.6 is 0 Å². The van der Waals surface area contributed by atoms with Crippen molar-refractivity contribution < 1.29 is 4.79 Å². The van der Waals surface area contributed by atoms with E-state index in [4.69, 9.17) is 4.98 Å². The third-order valence-corrected chi connectivity index (χ3v) is 6.13. The van der Waals surface area contributed by atoms with Gasteiger partial charge in [0.2, 0.25) is 0 Å². The Morgan fingerprint density at radius 2 is 1.75 bits per heavy atom. The maximum absolute atomic E-state index is 13.7. The van der Waals surface area contributed by atoms with E-state index < -0.39 is 0 Å². The summed E-state index contributed by atoms with van der Waals surface area (Å²) in [5, 5.41) is 1.02. The summed E-state index contributed by atoms with van der Waals surface area (Å²) < 4.78 is 0. The van der Waals surface area contributed by atoms with Crippen LogP contribution < -0.4 is 9.80 Å². The lowest BCUT2D eigenvalue weighted by Crippen LogP contribution is -2.37. The lowest BCUT2D eigenvalue weighted by molar-refractivity contribution is 0.0984. The molecule has 0 bridgehead atoms. The maximum Gasteiger partial charge on any atom is 0.262 e. The van der Waals surface area contributed by atoms with Gasteiger partial charge < -0.3 is 9.80 Å². The zero-order valence-corrected chi connectivity index (χ0v) is 16.3. The lowest BCUT2D eigenvalue weighted by atomic mass is 9.91. The van der Waals surface area contributed by atoms with E-state index in [9.17, 15) is 4.79 Å². The maximum atomic E-state index is 13.7. The molecule has 0 N–H and O–H groups in total. The summed E-state index contributed by atoms with van der Waals surface area (Å²) in [4.78, 5) is 22.9. The van der Waals surface area contributed by atoms with E-state index in [1.165, 1.54) is 5.56 Å². The number of rotatable bonds is 2. The van der Waals surface area contributed by atoms with Crippen molar-refractivity contribution >= 4 is 28.3 Å². The molecule has 1 aromatic heterocycles. The van der Waals surface area contributed by atoms with Crippen molar-refractivity contribution in [3.63, 3.8) is 0 Å². The number of amides is 1. The number of carbonyl (C=O) groups excluding carboxylic acids is 1. The zero-order chi connectivity index (χ0) is 19.1. The third kappa shape index (κ3) is 2.84. The second-order valence-corrected chi connectivity index (χ2v) is 7.95. The molecule has 0 aliphatic carbocycles. The molecular formula is C24H25N3O. The molecule has 1 saturated heterocycles. The number of pyridine rings is 1. The highest BCUT2D eigenvalue weighted by molar-refractivity contribution is 6.11. The van der Waals surface area contributed by atoms with E-state index in [-0.39, 0.29) is 5.91 Å². The molecule has 1 atom stereocenters. The topological polar surface area (TPSA) is 36.4 Å². The number of carbonyl (C=O) groups is 1. The molecule has 0 spiro atoms. The van der Waals surface area contributed by atoms with Crippen LogP contribution in [0.5, 0.6) is 0 Å². The van der Waals surface area contributed by atoms with Gasteiger partial charge in [-0.15, -0.1) is 0 Å². The van der Waals surface area contributed by atoms with E-state index in [0.717, 1.165) is 66.9 Å². The summed E-state index contributed by atoms with van der Waals surface area (Å²) in [6.07, 6.45) is 3.31. The normalized spacial score (nSPS) is 19.1. The Morgan fingerprint density at radius 1 is 1.00 bits per heavy atom. The summed E-state index contributed by atoms with van der Waals surface area (Å²) in [5.74, 6) is 1.39. The van der Waals surface area contributed by atoms with Crippen LogP contribution in [0, 0.1) is 0 Å². The second kappa shape index (κ2) is 6.93. The number of benzene rings is 2. The largest absolute Gasteiger partial charge is 0.356 e. The summed E-state index contributed by atoms with van der Waals surface area (Å²) >= 11 is 0. The van der Waals surface area contributed by atoms with Gasteiger partial charge in [0.05, 0.1) is 11.1 Å². The Hall–Kier alpha value is -2.88. The van der Waals surface area contributed by atoms with Gasteiger partial charge >= 0.3 is 0 Å². The van der Waals surface area contributed by atoms with Crippen LogP contribution in [0.25, 0.3) is 10.9 Å². The average molecular weight is 371 g/mol. The Bertz CT molecular complexity index is 1040. The van der Waals surface area contributed by atoms with E-state index in [1.54, 1.807) is 0 Å². The molecule has 0 saturated carbocycles. The van der Waals surface area contributed by atoms with Crippen LogP contribution in [-0.4, -0.2) is 30.5 Å². The number of fused-ring (bicyclic) bond motifs is 2. The molecule has 2 aliphatic rings. The summed E-state index contributed by atoms with van der Waals surface area (Å²) in [5.41, 5.74) is 3.99.